The highest BCUT2D eigenvalue weighted by Gasteiger charge is 2.29. The molecule has 1 fully saturated rings. The summed E-state index contributed by atoms with van der Waals surface area (Å²) in [5.41, 5.74) is 4.73. The third kappa shape index (κ3) is 5.68. The van der Waals surface area contributed by atoms with Crippen LogP contribution in [0, 0.1) is 5.92 Å². The molecule has 2 amide bonds. The first-order valence-corrected chi connectivity index (χ1v) is 12.3. The summed E-state index contributed by atoms with van der Waals surface area (Å²) in [6, 6.07) is 16.4. The molecule has 174 valence electrons. The van der Waals surface area contributed by atoms with Crippen LogP contribution < -0.4 is 5.32 Å². The fraction of sp³-hybridized carbons (Fsp3) is 0.400. The molecule has 4 rings (SSSR count). The van der Waals surface area contributed by atoms with Crippen LogP contribution in [0.4, 0.5) is 4.79 Å². The number of carboxylic acids is 1. The molecule has 8 heteroatoms. The topological polar surface area (TPSA) is 95.9 Å². The summed E-state index contributed by atoms with van der Waals surface area (Å²) in [5, 5.41) is 11.6. The zero-order chi connectivity index (χ0) is 23.2. The second-order valence-corrected chi connectivity index (χ2v) is 9.50. The summed E-state index contributed by atoms with van der Waals surface area (Å²) in [6.45, 7) is 1.83. The molecule has 2 aliphatic rings. The van der Waals surface area contributed by atoms with E-state index in [9.17, 15) is 14.4 Å². The number of nitrogens with zero attached hydrogens (tertiary/aromatic N) is 1. The SMILES string of the molecule is O=C(O)CC1CCN(C(=O)CSCCNC(=O)OCC2c3ccccc3-c3ccccc32)C1. The van der Waals surface area contributed by atoms with Gasteiger partial charge in [0, 0.05) is 37.7 Å². The third-order valence-corrected chi connectivity index (χ3v) is 7.13. The molecule has 2 N–H and O–H groups in total. The number of benzene rings is 2. The third-order valence-electron chi connectivity index (χ3n) is 6.19. The number of hydrogen-bond donors (Lipinski definition) is 2. The van der Waals surface area contributed by atoms with Crippen molar-refractivity contribution >= 4 is 29.7 Å². The van der Waals surface area contributed by atoms with Crippen molar-refractivity contribution in [2.24, 2.45) is 5.92 Å². The average Bonchev–Trinajstić information content (AvgIpc) is 3.39. The van der Waals surface area contributed by atoms with Crippen LogP contribution in [0.3, 0.4) is 0 Å². The Morgan fingerprint density at radius 2 is 1.73 bits per heavy atom. The molecule has 2 aromatic rings. The number of carboxylic acid groups (broad SMARTS) is 1. The van der Waals surface area contributed by atoms with E-state index < -0.39 is 12.1 Å². The highest BCUT2D eigenvalue weighted by Crippen LogP contribution is 2.44. The lowest BCUT2D eigenvalue weighted by molar-refractivity contribution is -0.138. The first-order chi connectivity index (χ1) is 16.0. The number of aliphatic carboxylic acids is 1. The predicted octanol–water partition coefficient (Wildman–Crippen LogP) is 3.58. The second kappa shape index (κ2) is 10.7. The highest BCUT2D eigenvalue weighted by molar-refractivity contribution is 7.99. The van der Waals surface area contributed by atoms with Crippen LogP contribution in [-0.4, -0.2) is 65.7 Å². The Labute approximate surface area is 197 Å². The molecule has 0 radical (unpaired) electrons. The Bertz CT molecular complexity index is 982. The molecule has 1 unspecified atom stereocenters. The first-order valence-electron chi connectivity index (χ1n) is 11.2. The van der Waals surface area contributed by atoms with Crippen LogP contribution in [0.15, 0.2) is 48.5 Å². The number of amides is 2. The van der Waals surface area contributed by atoms with Gasteiger partial charge in [-0.3, -0.25) is 9.59 Å². The van der Waals surface area contributed by atoms with E-state index in [4.69, 9.17) is 9.84 Å². The molecule has 7 nitrogen and oxygen atoms in total. The van der Waals surface area contributed by atoms with E-state index in [1.165, 1.54) is 34.0 Å². The number of alkyl carbamates (subject to hydrolysis) is 1. The van der Waals surface area contributed by atoms with Gasteiger partial charge in [0.1, 0.15) is 6.61 Å². The monoisotopic (exact) mass is 468 g/mol. The molecular weight excluding hydrogens is 440 g/mol. The molecule has 2 aromatic carbocycles. The number of rotatable bonds is 9. The maximum absolute atomic E-state index is 12.3. The zero-order valence-electron chi connectivity index (χ0n) is 18.4. The number of fused-ring (bicyclic) bond motifs is 3. The van der Waals surface area contributed by atoms with E-state index in [2.05, 4.69) is 29.6 Å². The predicted molar refractivity (Wildman–Crippen MR) is 127 cm³/mol. The van der Waals surface area contributed by atoms with Gasteiger partial charge in [-0.15, -0.1) is 0 Å². The molecule has 1 atom stereocenters. The standard InChI is InChI=1S/C25H28N2O5S/c28-23(27-11-9-17(14-27)13-24(29)30)16-33-12-10-26-25(31)32-15-22-20-7-3-1-5-18(20)19-6-2-4-8-21(19)22/h1-8,17,22H,9-16H2,(H,26,31)(H,29,30). The second-order valence-electron chi connectivity index (χ2n) is 8.40. The van der Waals surface area contributed by atoms with Gasteiger partial charge in [0.05, 0.1) is 5.75 Å². The highest BCUT2D eigenvalue weighted by atomic mass is 32.2. The van der Waals surface area contributed by atoms with Crippen LogP contribution in [0.25, 0.3) is 11.1 Å². The van der Waals surface area contributed by atoms with Gasteiger partial charge in [0.15, 0.2) is 0 Å². The summed E-state index contributed by atoms with van der Waals surface area (Å²) < 4.78 is 5.51. The summed E-state index contributed by atoms with van der Waals surface area (Å²) in [6.07, 6.45) is 0.396. The van der Waals surface area contributed by atoms with Gasteiger partial charge in [-0.1, -0.05) is 48.5 Å². The average molecular weight is 469 g/mol. The van der Waals surface area contributed by atoms with Gasteiger partial charge < -0.3 is 20.1 Å². The number of likely N-dealkylation sites (tertiary alicyclic amines) is 1. The molecule has 1 heterocycles. The van der Waals surface area contributed by atoms with Crippen LogP contribution >= 0.6 is 11.8 Å². The molecular formula is C25H28N2O5S. The van der Waals surface area contributed by atoms with Gasteiger partial charge >= 0.3 is 12.1 Å². The van der Waals surface area contributed by atoms with Gasteiger partial charge in [-0.25, -0.2) is 4.79 Å². The van der Waals surface area contributed by atoms with Crippen molar-refractivity contribution in [3.05, 3.63) is 59.7 Å². The van der Waals surface area contributed by atoms with E-state index in [-0.39, 0.29) is 30.8 Å². The normalized spacial score (nSPS) is 16.8. The fourth-order valence-electron chi connectivity index (χ4n) is 4.60. The number of nitrogens with one attached hydrogen (secondary N) is 1. The number of carbonyl (C=O) groups is 3. The Morgan fingerprint density at radius 1 is 1.06 bits per heavy atom. The van der Waals surface area contributed by atoms with Crippen molar-refractivity contribution in [1.29, 1.82) is 0 Å². The molecule has 1 saturated heterocycles. The summed E-state index contributed by atoms with van der Waals surface area (Å²) in [5.74, 6) is 0.207. The zero-order valence-corrected chi connectivity index (χ0v) is 19.2. The van der Waals surface area contributed by atoms with Crippen LogP contribution in [0.2, 0.25) is 0 Å². The largest absolute Gasteiger partial charge is 0.481 e. The van der Waals surface area contributed by atoms with E-state index in [0.29, 0.717) is 31.1 Å². The quantitative estimate of drug-likeness (QED) is 0.546. The van der Waals surface area contributed by atoms with Gasteiger partial charge in [-0.2, -0.15) is 11.8 Å². The Morgan fingerprint density at radius 3 is 2.39 bits per heavy atom. The number of ether oxygens (including phenoxy) is 1. The van der Waals surface area contributed by atoms with Gasteiger partial charge in [0.2, 0.25) is 5.91 Å². The maximum Gasteiger partial charge on any atom is 0.407 e. The fourth-order valence-corrected chi connectivity index (χ4v) is 5.35. The van der Waals surface area contributed by atoms with Crippen LogP contribution in [-0.2, 0) is 14.3 Å². The Kier molecular flexibility index (Phi) is 7.54. The minimum atomic E-state index is -0.817. The molecule has 0 saturated carbocycles. The lowest BCUT2D eigenvalue weighted by Crippen LogP contribution is -2.31. The lowest BCUT2D eigenvalue weighted by Gasteiger charge is -2.16. The molecule has 0 spiro atoms. The summed E-state index contributed by atoms with van der Waals surface area (Å²) in [4.78, 5) is 37.0. The number of thioether (sulfide) groups is 1. The number of carbonyl (C=O) groups excluding carboxylic acids is 2. The van der Waals surface area contributed by atoms with Crippen LogP contribution in [0.1, 0.15) is 29.9 Å². The van der Waals surface area contributed by atoms with E-state index in [0.717, 1.165) is 6.42 Å². The molecule has 0 bridgehead atoms. The Hall–Kier alpha value is -3.00. The van der Waals surface area contributed by atoms with Crippen molar-refractivity contribution in [2.45, 2.75) is 18.8 Å². The molecule has 0 aromatic heterocycles. The van der Waals surface area contributed by atoms with E-state index in [1.54, 1.807) is 4.90 Å². The maximum atomic E-state index is 12.3. The van der Waals surface area contributed by atoms with Crippen LogP contribution in [0.5, 0.6) is 0 Å². The van der Waals surface area contributed by atoms with E-state index >= 15 is 0 Å². The van der Waals surface area contributed by atoms with Crippen molar-refractivity contribution in [2.75, 3.05) is 37.7 Å². The van der Waals surface area contributed by atoms with Crippen molar-refractivity contribution in [3.8, 4) is 11.1 Å². The minimum absolute atomic E-state index is 0.0222. The lowest BCUT2D eigenvalue weighted by atomic mass is 9.98. The molecule has 1 aliphatic carbocycles. The minimum Gasteiger partial charge on any atom is -0.481 e. The Balaban J connectivity index is 1.15. The number of hydrogen-bond acceptors (Lipinski definition) is 5. The molecule has 1 aliphatic heterocycles. The first kappa shape index (κ1) is 23.2. The molecule has 33 heavy (non-hydrogen) atoms. The van der Waals surface area contributed by atoms with Gasteiger partial charge in [0.25, 0.3) is 0 Å². The smallest absolute Gasteiger partial charge is 0.407 e. The van der Waals surface area contributed by atoms with Crippen molar-refractivity contribution < 1.29 is 24.2 Å². The summed E-state index contributed by atoms with van der Waals surface area (Å²) in [7, 11) is 0. The van der Waals surface area contributed by atoms with Crippen molar-refractivity contribution in [3.63, 3.8) is 0 Å². The van der Waals surface area contributed by atoms with E-state index in [1.807, 2.05) is 24.3 Å². The van der Waals surface area contributed by atoms with Gasteiger partial charge in [-0.05, 0) is 34.6 Å². The van der Waals surface area contributed by atoms with Crippen molar-refractivity contribution in [1.82, 2.24) is 10.2 Å². The summed E-state index contributed by atoms with van der Waals surface area (Å²) >= 11 is 1.45.